The van der Waals surface area contributed by atoms with Gasteiger partial charge in [0.05, 0.1) is 45.8 Å². The Morgan fingerprint density at radius 1 is 0.980 bits per heavy atom. The van der Waals surface area contributed by atoms with Crippen LogP contribution in [0.2, 0.25) is 0 Å². The number of aliphatic hydroxyl groups excluding tert-OH is 4. The molecule has 6 N–H and O–H groups in total. The number of methoxy groups -OCH3 is 3. The zero-order valence-electron chi connectivity index (χ0n) is 28.3. The molecule has 1 saturated heterocycles. The van der Waals surface area contributed by atoms with Crippen molar-refractivity contribution < 1.29 is 68.6 Å². The van der Waals surface area contributed by atoms with Crippen LogP contribution in [0.1, 0.15) is 29.2 Å². The Bertz CT molecular complexity index is 1660. The number of ether oxygens (including phenoxy) is 6. The van der Waals surface area contributed by atoms with Gasteiger partial charge in [-0.05, 0) is 59.9 Å². The van der Waals surface area contributed by atoms with Gasteiger partial charge in [0.2, 0.25) is 12.2 Å². The summed E-state index contributed by atoms with van der Waals surface area (Å²) in [6.45, 7) is 3.53. The van der Waals surface area contributed by atoms with Crippen molar-refractivity contribution >= 4 is 18.0 Å². The molecule has 15 nitrogen and oxygen atoms in total. The van der Waals surface area contributed by atoms with Crippen molar-refractivity contribution in [1.29, 1.82) is 0 Å². The number of amides is 1. The maximum Gasteiger partial charge on any atom is 0.337 e. The van der Waals surface area contributed by atoms with E-state index < -0.39 is 67.4 Å². The van der Waals surface area contributed by atoms with Gasteiger partial charge in [0, 0.05) is 24.5 Å². The third kappa shape index (κ3) is 7.68. The highest BCUT2D eigenvalue weighted by atomic mass is 16.8. The summed E-state index contributed by atoms with van der Waals surface area (Å²) in [4.78, 5) is 28.7. The van der Waals surface area contributed by atoms with Gasteiger partial charge >= 0.3 is 5.97 Å². The predicted molar refractivity (Wildman–Crippen MR) is 178 cm³/mol. The van der Waals surface area contributed by atoms with Gasteiger partial charge in [-0.2, -0.15) is 0 Å². The molecule has 0 radical (unpaired) electrons. The van der Waals surface area contributed by atoms with Gasteiger partial charge in [-0.15, -0.1) is 6.58 Å². The third-order valence-electron chi connectivity index (χ3n) is 9.50. The van der Waals surface area contributed by atoms with Crippen molar-refractivity contribution in [2.75, 3.05) is 34.5 Å². The second-order valence-corrected chi connectivity index (χ2v) is 12.3. The van der Waals surface area contributed by atoms with Gasteiger partial charge in [-0.3, -0.25) is 4.79 Å². The number of hydrogen-bond donors (Lipinski definition) is 6. The molecule has 0 aliphatic carbocycles. The van der Waals surface area contributed by atoms with E-state index in [-0.39, 0.29) is 47.4 Å². The summed E-state index contributed by atoms with van der Waals surface area (Å²) in [6.07, 6.45) is -3.00. The molecule has 2 aromatic rings. The Morgan fingerprint density at radius 3 is 2.37 bits per heavy atom. The van der Waals surface area contributed by atoms with E-state index in [0.29, 0.717) is 17.5 Å². The summed E-state index contributed by atoms with van der Waals surface area (Å²) in [5.41, 5.74) is 2.11. The topological polar surface area (TPSA) is 214 Å². The predicted octanol–water partition coefficient (Wildman–Crippen LogP) is 1.29. The van der Waals surface area contributed by atoms with Crippen LogP contribution in [-0.4, -0.2) is 119 Å². The summed E-state index contributed by atoms with van der Waals surface area (Å²) in [7, 11) is 4.05. The maximum absolute atomic E-state index is 14.0. The number of phenolic OH excluding ortho intramolecular Hbond substituents is 2. The van der Waals surface area contributed by atoms with Crippen LogP contribution in [0.25, 0.3) is 6.08 Å². The molecule has 5 rings (SSSR count). The Morgan fingerprint density at radius 2 is 1.71 bits per heavy atom. The number of aromatic hydroxyl groups is 2. The lowest BCUT2D eigenvalue weighted by Crippen LogP contribution is -2.60. The summed E-state index contributed by atoms with van der Waals surface area (Å²) in [5, 5.41) is 61.7. The lowest BCUT2D eigenvalue weighted by molar-refractivity contribution is -0.339. The molecule has 3 heterocycles. The molecule has 1 fully saturated rings. The number of aliphatic hydroxyl groups is 4. The SMILES string of the molecule is C=CC1C(OC2OC(CO)C(O)C(O)C2O)OC=C(C(=O)OC)C1CC1c2cc(O)c(OC)cc2CCN1C(=O)C=Cc1ccc(O)c(OC)c1. The lowest BCUT2D eigenvalue weighted by Gasteiger charge is -2.44. The molecule has 0 aromatic heterocycles. The molecular formula is C36H43NO14. The van der Waals surface area contributed by atoms with Crippen molar-refractivity contribution in [3.05, 3.63) is 77.6 Å². The second kappa shape index (κ2) is 16.1. The van der Waals surface area contributed by atoms with Gasteiger partial charge in [0.1, 0.15) is 24.4 Å². The Labute approximate surface area is 294 Å². The normalized spacial score (nSPS) is 29.0. The third-order valence-corrected chi connectivity index (χ3v) is 9.50. The van der Waals surface area contributed by atoms with Gasteiger partial charge in [-0.1, -0.05) is 12.1 Å². The molecule has 1 amide bonds. The van der Waals surface area contributed by atoms with Crippen LogP contribution in [0.4, 0.5) is 0 Å². The first-order chi connectivity index (χ1) is 24.4. The number of rotatable bonds is 11. The van der Waals surface area contributed by atoms with Gasteiger partial charge in [0.25, 0.3) is 0 Å². The molecular weight excluding hydrogens is 670 g/mol. The quantitative estimate of drug-likeness (QED) is 0.110. The Balaban J connectivity index is 1.51. The van der Waals surface area contributed by atoms with Gasteiger partial charge in [0.15, 0.2) is 29.3 Å². The van der Waals surface area contributed by atoms with E-state index in [0.717, 1.165) is 11.8 Å². The fourth-order valence-electron chi connectivity index (χ4n) is 6.73. The number of hydrogen-bond acceptors (Lipinski definition) is 14. The average Bonchev–Trinajstić information content (AvgIpc) is 3.14. The molecule has 0 saturated carbocycles. The number of carbonyl (C=O) groups excluding carboxylic acids is 2. The van der Waals surface area contributed by atoms with E-state index in [9.17, 15) is 40.2 Å². The number of nitrogens with zero attached hydrogens (tertiary/aromatic N) is 1. The molecule has 0 bridgehead atoms. The summed E-state index contributed by atoms with van der Waals surface area (Å²) in [5.74, 6) is -2.45. The van der Waals surface area contributed by atoms with Crippen molar-refractivity contribution in [3.63, 3.8) is 0 Å². The number of phenols is 2. The number of esters is 1. The molecule has 15 heteroatoms. The minimum Gasteiger partial charge on any atom is -0.504 e. The standard InChI is InChI=1S/C36H43NO14/c1-5-20-22(23(34(45)48-4)17-49-35(20)51-36-33(44)32(43)31(42)29(16-38)50-36)14-24-21-15-26(40)28(47-3)13-19(21)10-11-37(24)30(41)9-7-18-6-8-25(39)27(12-18)46-2/h5-9,12-13,15,17,20,22,24,29,31-33,35-36,38-40,42-44H,1,10-11,14,16H2,2-4H3. The number of fused-ring (bicyclic) bond motifs is 1. The number of benzene rings is 2. The molecule has 276 valence electrons. The highest BCUT2D eigenvalue weighted by Crippen LogP contribution is 2.45. The minimum atomic E-state index is -1.72. The first kappa shape index (κ1) is 37.6. The van der Waals surface area contributed by atoms with E-state index >= 15 is 0 Å². The molecule has 2 aromatic carbocycles. The summed E-state index contributed by atoms with van der Waals surface area (Å²) < 4.78 is 32.9. The molecule has 9 atom stereocenters. The van der Waals surface area contributed by atoms with Crippen LogP contribution in [0, 0.1) is 11.8 Å². The van der Waals surface area contributed by atoms with Crippen molar-refractivity contribution in [2.45, 2.75) is 55.9 Å². The maximum atomic E-state index is 14.0. The fraction of sp³-hybridized carbons (Fsp3) is 0.444. The van der Waals surface area contributed by atoms with E-state index in [4.69, 9.17) is 28.4 Å². The molecule has 9 unspecified atom stereocenters. The Kier molecular flexibility index (Phi) is 11.9. The molecule has 0 spiro atoms. The van der Waals surface area contributed by atoms with E-state index in [1.165, 1.54) is 45.6 Å². The zero-order valence-corrected chi connectivity index (χ0v) is 28.3. The smallest absolute Gasteiger partial charge is 0.337 e. The van der Waals surface area contributed by atoms with E-state index in [2.05, 4.69) is 6.58 Å². The van der Waals surface area contributed by atoms with Crippen molar-refractivity contribution in [2.24, 2.45) is 11.8 Å². The van der Waals surface area contributed by atoms with Gasteiger partial charge < -0.3 is 64.0 Å². The zero-order chi connectivity index (χ0) is 37.0. The Hall–Kier alpha value is -4.64. The van der Waals surface area contributed by atoms with Crippen molar-refractivity contribution in [3.8, 4) is 23.0 Å². The van der Waals surface area contributed by atoms with Crippen molar-refractivity contribution in [1.82, 2.24) is 4.90 Å². The monoisotopic (exact) mass is 713 g/mol. The highest BCUT2D eigenvalue weighted by Gasteiger charge is 2.48. The van der Waals surface area contributed by atoms with E-state index in [1.54, 1.807) is 29.2 Å². The fourth-order valence-corrected chi connectivity index (χ4v) is 6.73. The van der Waals surface area contributed by atoms with Crippen LogP contribution in [0.5, 0.6) is 23.0 Å². The molecule has 51 heavy (non-hydrogen) atoms. The summed E-state index contributed by atoms with van der Waals surface area (Å²) in [6, 6.07) is 7.14. The van der Waals surface area contributed by atoms with E-state index in [1.807, 2.05) is 0 Å². The number of carbonyl (C=O) groups is 2. The minimum absolute atomic E-state index is 0.0551. The first-order valence-electron chi connectivity index (χ1n) is 16.2. The molecule has 3 aliphatic heterocycles. The van der Waals surface area contributed by atoms with Crippen LogP contribution < -0.4 is 9.47 Å². The second-order valence-electron chi connectivity index (χ2n) is 12.3. The van der Waals surface area contributed by atoms with Crippen LogP contribution >= 0.6 is 0 Å². The highest BCUT2D eigenvalue weighted by molar-refractivity contribution is 5.92. The molecule has 3 aliphatic rings. The lowest BCUT2D eigenvalue weighted by atomic mass is 9.76. The largest absolute Gasteiger partial charge is 0.504 e. The summed E-state index contributed by atoms with van der Waals surface area (Å²) >= 11 is 0. The first-order valence-corrected chi connectivity index (χ1v) is 16.2. The average molecular weight is 714 g/mol. The van der Waals surface area contributed by atoms with Crippen LogP contribution in [-0.2, 0) is 35.0 Å². The van der Waals surface area contributed by atoms with Crippen LogP contribution in [0.3, 0.4) is 0 Å². The van der Waals surface area contributed by atoms with Crippen LogP contribution in [0.15, 0.2) is 60.9 Å². The van der Waals surface area contributed by atoms with Gasteiger partial charge in [-0.25, -0.2) is 4.79 Å².